The van der Waals surface area contributed by atoms with E-state index in [9.17, 15) is 9.18 Å². The minimum Gasteiger partial charge on any atom is -0.494 e. The molecule has 5 nitrogen and oxygen atoms in total. The van der Waals surface area contributed by atoms with E-state index in [2.05, 4.69) is 10.6 Å². The Hall–Kier alpha value is -3.67. The zero-order valence-electron chi connectivity index (χ0n) is 18.6. The number of carbonyl (C=O) groups is 1. The number of carbonyl (C=O) groups excluding carboxylic acids is 1. The van der Waals surface area contributed by atoms with Gasteiger partial charge in [0.1, 0.15) is 17.4 Å². The minimum absolute atomic E-state index is 0.0773. The first-order valence-corrected chi connectivity index (χ1v) is 11.3. The summed E-state index contributed by atoms with van der Waals surface area (Å²) in [6.45, 7) is 3.78. The van der Waals surface area contributed by atoms with Crippen LogP contribution in [0.2, 0.25) is 0 Å². The summed E-state index contributed by atoms with van der Waals surface area (Å²) in [6, 6.07) is 22.5. The topological polar surface area (TPSA) is 47.4 Å². The quantitative estimate of drug-likeness (QED) is 0.356. The number of amides is 1. The predicted octanol–water partition coefficient (Wildman–Crippen LogP) is 5.47. The Morgan fingerprint density at radius 1 is 1.06 bits per heavy atom. The molecule has 4 aromatic rings. The van der Waals surface area contributed by atoms with Crippen molar-refractivity contribution in [3.8, 4) is 5.75 Å². The normalized spacial score (nSPS) is 16.0. The van der Waals surface area contributed by atoms with Crippen LogP contribution >= 0.6 is 0 Å². The van der Waals surface area contributed by atoms with Gasteiger partial charge in [0, 0.05) is 25.4 Å². The lowest BCUT2D eigenvalue weighted by molar-refractivity contribution is -0.117. The van der Waals surface area contributed by atoms with Crippen molar-refractivity contribution in [2.75, 3.05) is 18.1 Å². The highest BCUT2D eigenvalue weighted by molar-refractivity contribution is 5.96. The molecule has 0 bridgehead atoms. The van der Waals surface area contributed by atoms with Gasteiger partial charge in [0.15, 0.2) is 0 Å². The maximum Gasteiger partial charge on any atom is 0.227 e. The van der Waals surface area contributed by atoms with Crippen molar-refractivity contribution in [2.24, 2.45) is 0 Å². The largest absolute Gasteiger partial charge is 0.494 e. The lowest BCUT2D eigenvalue weighted by Crippen LogP contribution is -2.25. The number of aryl methyl sites for hydroxylation is 2. The van der Waals surface area contributed by atoms with Crippen molar-refractivity contribution in [2.45, 2.75) is 32.2 Å². The summed E-state index contributed by atoms with van der Waals surface area (Å²) in [7, 11) is 0. The van der Waals surface area contributed by atoms with Crippen LogP contribution in [0.1, 0.15) is 30.1 Å². The first-order chi connectivity index (χ1) is 16.1. The summed E-state index contributed by atoms with van der Waals surface area (Å²) >= 11 is 0. The highest BCUT2D eigenvalue weighted by atomic mass is 19.1. The van der Waals surface area contributed by atoms with Gasteiger partial charge in [0.25, 0.3) is 0 Å². The van der Waals surface area contributed by atoms with Gasteiger partial charge >= 0.3 is 0 Å². The van der Waals surface area contributed by atoms with E-state index < -0.39 is 0 Å². The molecule has 0 radical (unpaired) electrons. The second kappa shape index (κ2) is 9.06. The van der Waals surface area contributed by atoms with Crippen molar-refractivity contribution >= 4 is 22.6 Å². The summed E-state index contributed by atoms with van der Waals surface area (Å²) in [6.07, 6.45) is 1.12. The average Bonchev–Trinajstić information content (AvgIpc) is 3.37. The van der Waals surface area contributed by atoms with E-state index in [-0.39, 0.29) is 17.6 Å². The summed E-state index contributed by atoms with van der Waals surface area (Å²) in [5.74, 6) is 1.19. The van der Waals surface area contributed by atoms with Crippen LogP contribution in [0, 0.1) is 12.7 Å². The zero-order chi connectivity index (χ0) is 22.8. The molecule has 33 heavy (non-hydrogen) atoms. The van der Waals surface area contributed by atoms with Crippen molar-refractivity contribution in [3.05, 3.63) is 90.0 Å². The maximum atomic E-state index is 14.3. The van der Waals surface area contributed by atoms with Crippen LogP contribution in [0.15, 0.2) is 72.8 Å². The number of benzene rings is 3. The van der Waals surface area contributed by atoms with E-state index in [1.54, 1.807) is 23.1 Å². The maximum absolute atomic E-state index is 14.3. The van der Waals surface area contributed by atoms with Crippen LogP contribution in [0.5, 0.6) is 5.75 Å². The number of aromatic nitrogens is 2. The Morgan fingerprint density at radius 3 is 2.73 bits per heavy atom. The molecule has 0 spiro atoms. The lowest BCUT2D eigenvalue weighted by Gasteiger charge is -2.18. The third kappa shape index (κ3) is 4.33. The van der Waals surface area contributed by atoms with E-state index in [1.807, 2.05) is 49.4 Å². The van der Waals surface area contributed by atoms with Crippen LogP contribution in [-0.4, -0.2) is 28.6 Å². The first-order valence-electron chi connectivity index (χ1n) is 11.3. The Bertz CT molecular complexity index is 1300. The molecule has 168 valence electrons. The number of rotatable bonds is 7. The smallest absolute Gasteiger partial charge is 0.227 e. The molecule has 3 aromatic carbocycles. The lowest BCUT2D eigenvalue weighted by atomic mass is 10.1. The molecule has 1 amide bonds. The van der Waals surface area contributed by atoms with E-state index in [4.69, 9.17) is 9.72 Å². The van der Waals surface area contributed by atoms with Gasteiger partial charge in [0.05, 0.1) is 23.3 Å². The van der Waals surface area contributed by atoms with Gasteiger partial charge in [-0.3, -0.25) is 4.79 Å². The summed E-state index contributed by atoms with van der Waals surface area (Å²) < 4.78 is 22.5. The molecule has 1 unspecified atom stereocenters. The molecule has 0 aliphatic carbocycles. The minimum atomic E-state index is -0.381. The molecule has 6 heteroatoms. The molecular formula is C27H26FN3O2. The van der Waals surface area contributed by atoms with E-state index >= 15 is 0 Å². The number of para-hydroxylation sites is 3. The standard InChI is InChI=1S/C27H26FN3O2/c1-19-8-6-9-21(16-19)33-15-7-14-30-25-13-5-3-11-23(25)29-27(30)20-17-26(32)31(18-20)24-12-4-2-10-22(24)28/h2-6,8-13,16,20H,7,14-15,17-18H2,1H3. The number of imidazole rings is 1. The van der Waals surface area contributed by atoms with Crippen LogP contribution < -0.4 is 9.64 Å². The molecule has 1 aliphatic rings. The molecular weight excluding hydrogens is 417 g/mol. The molecule has 5 rings (SSSR count). The molecule has 1 aliphatic heterocycles. The summed E-state index contributed by atoms with van der Waals surface area (Å²) in [5, 5.41) is 0. The van der Waals surface area contributed by atoms with Gasteiger partial charge in [-0.25, -0.2) is 9.37 Å². The second-order valence-electron chi connectivity index (χ2n) is 8.49. The zero-order valence-corrected chi connectivity index (χ0v) is 18.6. The Balaban J connectivity index is 1.36. The number of hydrogen-bond acceptors (Lipinski definition) is 3. The number of ether oxygens (including phenoxy) is 1. The van der Waals surface area contributed by atoms with Gasteiger partial charge in [-0.15, -0.1) is 0 Å². The monoisotopic (exact) mass is 443 g/mol. The summed E-state index contributed by atoms with van der Waals surface area (Å²) in [4.78, 5) is 19.2. The first kappa shape index (κ1) is 21.2. The van der Waals surface area contributed by atoms with Gasteiger partial charge in [-0.2, -0.15) is 0 Å². The van der Waals surface area contributed by atoms with Crippen molar-refractivity contribution < 1.29 is 13.9 Å². The van der Waals surface area contributed by atoms with Gasteiger partial charge in [-0.1, -0.05) is 36.4 Å². The third-order valence-corrected chi connectivity index (χ3v) is 6.10. The highest BCUT2D eigenvalue weighted by Gasteiger charge is 2.35. The second-order valence-corrected chi connectivity index (χ2v) is 8.49. The Labute approximate surface area is 192 Å². The fourth-order valence-corrected chi connectivity index (χ4v) is 4.54. The van der Waals surface area contributed by atoms with Crippen LogP contribution in [-0.2, 0) is 11.3 Å². The summed E-state index contributed by atoms with van der Waals surface area (Å²) in [5.41, 5.74) is 3.45. The molecule has 2 heterocycles. The molecule has 1 fully saturated rings. The SMILES string of the molecule is Cc1cccc(OCCCn2c(C3CC(=O)N(c4ccccc4F)C3)nc3ccccc32)c1. The predicted molar refractivity (Wildman–Crippen MR) is 127 cm³/mol. The number of nitrogens with zero attached hydrogens (tertiary/aromatic N) is 3. The van der Waals surface area contributed by atoms with Crippen LogP contribution in [0.25, 0.3) is 11.0 Å². The molecule has 0 saturated carbocycles. The van der Waals surface area contributed by atoms with Crippen LogP contribution in [0.4, 0.5) is 10.1 Å². The number of anilines is 1. The Kier molecular flexibility index (Phi) is 5.82. The molecule has 1 aromatic heterocycles. The number of fused-ring (bicyclic) bond motifs is 1. The molecule has 0 N–H and O–H groups in total. The van der Waals surface area contributed by atoms with Crippen molar-refractivity contribution in [1.29, 1.82) is 0 Å². The van der Waals surface area contributed by atoms with Crippen LogP contribution in [0.3, 0.4) is 0 Å². The average molecular weight is 444 g/mol. The van der Waals surface area contributed by atoms with Gasteiger partial charge < -0.3 is 14.2 Å². The van der Waals surface area contributed by atoms with E-state index in [0.717, 1.165) is 35.6 Å². The van der Waals surface area contributed by atoms with E-state index in [1.165, 1.54) is 11.6 Å². The Morgan fingerprint density at radius 2 is 1.88 bits per heavy atom. The number of halogens is 1. The highest BCUT2D eigenvalue weighted by Crippen LogP contribution is 2.34. The number of hydrogen-bond donors (Lipinski definition) is 0. The van der Waals surface area contributed by atoms with Gasteiger partial charge in [0.2, 0.25) is 5.91 Å². The fourth-order valence-electron chi connectivity index (χ4n) is 4.54. The third-order valence-electron chi connectivity index (χ3n) is 6.10. The molecule has 1 atom stereocenters. The molecule has 1 saturated heterocycles. The fraction of sp³-hybridized carbons (Fsp3) is 0.259. The van der Waals surface area contributed by atoms with Gasteiger partial charge in [-0.05, 0) is 55.3 Å². The van der Waals surface area contributed by atoms with Crippen molar-refractivity contribution in [1.82, 2.24) is 9.55 Å². The van der Waals surface area contributed by atoms with E-state index in [0.29, 0.717) is 25.3 Å². The van der Waals surface area contributed by atoms with Crippen molar-refractivity contribution in [3.63, 3.8) is 0 Å².